The van der Waals surface area contributed by atoms with Crippen molar-refractivity contribution in [1.82, 2.24) is 9.88 Å². The topological polar surface area (TPSA) is 26.2 Å². The van der Waals surface area contributed by atoms with Gasteiger partial charge >= 0.3 is 0 Å². The molecule has 1 heterocycles. The Labute approximate surface area is 115 Å². The molecule has 0 saturated heterocycles. The van der Waals surface area contributed by atoms with Crippen molar-refractivity contribution in [2.45, 2.75) is 32.9 Å². The van der Waals surface area contributed by atoms with E-state index in [9.17, 15) is 0 Å². The fourth-order valence-electron chi connectivity index (χ4n) is 2.44. The van der Waals surface area contributed by atoms with Crippen LogP contribution in [0.25, 0.3) is 10.9 Å². The third-order valence-corrected chi connectivity index (χ3v) is 3.90. The highest BCUT2D eigenvalue weighted by Gasteiger charge is 2.16. The molecule has 0 unspecified atom stereocenters. The first-order chi connectivity index (χ1) is 8.96. The van der Waals surface area contributed by atoms with Gasteiger partial charge in [0.05, 0.1) is 5.60 Å². The summed E-state index contributed by atoms with van der Waals surface area (Å²) in [4.78, 5) is 0. The molecule has 0 fully saturated rings. The maximum Gasteiger partial charge on any atom is 0.0746 e. The molecule has 1 aromatic heterocycles. The number of nitrogens with one attached hydrogen (secondary N) is 1. The maximum absolute atomic E-state index is 5.43. The van der Waals surface area contributed by atoms with E-state index in [2.05, 4.69) is 62.0 Å². The zero-order chi connectivity index (χ0) is 14.0. The molecule has 0 atom stereocenters. The Balaban J connectivity index is 2.17. The maximum atomic E-state index is 5.43. The Hall–Kier alpha value is -1.32. The lowest BCUT2D eigenvalue weighted by molar-refractivity contribution is 0.0229. The highest BCUT2D eigenvalue weighted by Crippen LogP contribution is 2.24. The van der Waals surface area contributed by atoms with Gasteiger partial charge < -0.3 is 14.6 Å². The van der Waals surface area contributed by atoms with Crippen LogP contribution < -0.4 is 5.32 Å². The SMILES string of the molecule is COC(C)(C)CNCc1c(C)c2ccccc2n1C. The van der Waals surface area contributed by atoms with Crippen molar-refractivity contribution < 1.29 is 4.74 Å². The van der Waals surface area contributed by atoms with Gasteiger partial charge in [0.25, 0.3) is 0 Å². The number of ether oxygens (including phenoxy) is 1. The van der Waals surface area contributed by atoms with Crippen LogP contribution >= 0.6 is 0 Å². The normalized spacial score (nSPS) is 12.3. The number of aromatic nitrogens is 1. The van der Waals surface area contributed by atoms with E-state index < -0.39 is 0 Å². The molecule has 0 aliphatic rings. The summed E-state index contributed by atoms with van der Waals surface area (Å²) in [6.45, 7) is 8.08. The molecule has 0 spiro atoms. The summed E-state index contributed by atoms with van der Waals surface area (Å²) in [5.74, 6) is 0. The van der Waals surface area contributed by atoms with Crippen LogP contribution in [0.2, 0.25) is 0 Å². The highest BCUT2D eigenvalue weighted by atomic mass is 16.5. The predicted octanol–water partition coefficient (Wildman–Crippen LogP) is 3.00. The molecule has 2 rings (SSSR count). The molecule has 1 aromatic carbocycles. The van der Waals surface area contributed by atoms with Gasteiger partial charge in [0, 0.05) is 43.8 Å². The third-order valence-electron chi connectivity index (χ3n) is 3.90. The van der Waals surface area contributed by atoms with Crippen molar-refractivity contribution >= 4 is 10.9 Å². The van der Waals surface area contributed by atoms with Crippen molar-refractivity contribution in [3.63, 3.8) is 0 Å². The van der Waals surface area contributed by atoms with E-state index in [1.54, 1.807) is 7.11 Å². The number of hydrogen-bond donors (Lipinski definition) is 1. The largest absolute Gasteiger partial charge is 0.377 e. The van der Waals surface area contributed by atoms with E-state index in [-0.39, 0.29) is 5.60 Å². The van der Waals surface area contributed by atoms with E-state index in [4.69, 9.17) is 4.74 Å². The summed E-state index contributed by atoms with van der Waals surface area (Å²) in [6, 6.07) is 8.55. The molecule has 19 heavy (non-hydrogen) atoms. The summed E-state index contributed by atoms with van der Waals surface area (Å²) in [6.07, 6.45) is 0. The summed E-state index contributed by atoms with van der Waals surface area (Å²) in [5, 5.41) is 4.83. The van der Waals surface area contributed by atoms with Crippen LogP contribution in [0.3, 0.4) is 0 Å². The van der Waals surface area contributed by atoms with Crippen LogP contribution in [0.5, 0.6) is 0 Å². The van der Waals surface area contributed by atoms with E-state index in [1.165, 1.54) is 22.2 Å². The van der Waals surface area contributed by atoms with Gasteiger partial charge in [-0.2, -0.15) is 0 Å². The molecule has 1 N–H and O–H groups in total. The van der Waals surface area contributed by atoms with Crippen LogP contribution in [0.1, 0.15) is 25.1 Å². The van der Waals surface area contributed by atoms with Crippen molar-refractivity contribution in [2.75, 3.05) is 13.7 Å². The first kappa shape index (κ1) is 14.1. The van der Waals surface area contributed by atoms with Crippen LogP contribution in [-0.2, 0) is 18.3 Å². The molecule has 0 radical (unpaired) electrons. The van der Waals surface area contributed by atoms with E-state index in [1.807, 2.05) is 0 Å². The Bertz CT molecular complexity index is 530. The van der Waals surface area contributed by atoms with Gasteiger partial charge in [0.2, 0.25) is 0 Å². The predicted molar refractivity (Wildman–Crippen MR) is 80.5 cm³/mol. The first-order valence-electron chi connectivity index (χ1n) is 6.75. The number of methoxy groups -OCH3 is 1. The second-order valence-corrected chi connectivity index (χ2v) is 5.72. The molecule has 3 heteroatoms. The minimum Gasteiger partial charge on any atom is -0.377 e. The van der Waals surface area contributed by atoms with Crippen molar-refractivity contribution in [3.8, 4) is 0 Å². The average Bonchev–Trinajstić information content (AvgIpc) is 2.64. The Morgan fingerprint density at radius 1 is 1.26 bits per heavy atom. The van der Waals surface area contributed by atoms with Gasteiger partial charge in [0.15, 0.2) is 0 Å². The van der Waals surface area contributed by atoms with E-state index >= 15 is 0 Å². The number of aryl methyl sites for hydroxylation is 2. The number of hydrogen-bond acceptors (Lipinski definition) is 2. The summed E-state index contributed by atoms with van der Waals surface area (Å²) in [7, 11) is 3.89. The highest BCUT2D eigenvalue weighted by molar-refractivity contribution is 5.85. The quantitative estimate of drug-likeness (QED) is 0.894. The number of rotatable bonds is 5. The first-order valence-corrected chi connectivity index (χ1v) is 6.75. The van der Waals surface area contributed by atoms with Gasteiger partial charge in [-0.15, -0.1) is 0 Å². The summed E-state index contributed by atoms with van der Waals surface area (Å²) in [5.41, 5.74) is 3.87. The molecule has 2 aromatic rings. The fraction of sp³-hybridized carbons (Fsp3) is 0.500. The number of fused-ring (bicyclic) bond motifs is 1. The second kappa shape index (κ2) is 5.35. The zero-order valence-electron chi connectivity index (χ0n) is 12.6. The average molecular weight is 260 g/mol. The van der Waals surface area contributed by atoms with Gasteiger partial charge in [-0.25, -0.2) is 0 Å². The lowest BCUT2D eigenvalue weighted by atomic mass is 10.1. The third kappa shape index (κ3) is 2.82. The Morgan fingerprint density at radius 2 is 1.95 bits per heavy atom. The second-order valence-electron chi connectivity index (χ2n) is 5.72. The van der Waals surface area contributed by atoms with Gasteiger partial charge in [-0.05, 0) is 32.4 Å². The standard InChI is InChI=1S/C16H24N2O/c1-12-13-8-6-7-9-14(13)18(4)15(12)10-17-11-16(2,3)19-5/h6-9,17H,10-11H2,1-5H3. The van der Waals surface area contributed by atoms with Crippen LogP contribution in [0, 0.1) is 6.92 Å². The van der Waals surface area contributed by atoms with Crippen molar-refractivity contribution in [3.05, 3.63) is 35.5 Å². The molecule has 0 aliphatic carbocycles. The Morgan fingerprint density at radius 3 is 2.58 bits per heavy atom. The molecule has 0 aliphatic heterocycles. The summed E-state index contributed by atoms with van der Waals surface area (Å²) < 4.78 is 7.70. The monoisotopic (exact) mass is 260 g/mol. The molecular formula is C16H24N2O. The van der Waals surface area contributed by atoms with Crippen LogP contribution in [0.4, 0.5) is 0 Å². The van der Waals surface area contributed by atoms with Crippen molar-refractivity contribution in [1.29, 1.82) is 0 Å². The molecule has 0 bridgehead atoms. The zero-order valence-corrected chi connectivity index (χ0v) is 12.6. The molecule has 0 amide bonds. The smallest absolute Gasteiger partial charge is 0.0746 e. The minimum absolute atomic E-state index is 0.126. The lowest BCUT2D eigenvalue weighted by Crippen LogP contribution is -2.36. The number of nitrogens with zero attached hydrogens (tertiary/aromatic N) is 1. The molecule has 3 nitrogen and oxygen atoms in total. The summed E-state index contributed by atoms with van der Waals surface area (Å²) >= 11 is 0. The van der Waals surface area contributed by atoms with Crippen molar-refractivity contribution in [2.24, 2.45) is 7.05 Å². The van der Waals surface area contributed by atoms with Gasteiger partial charge in [0.1, 0.15) is 0 Å². The molecule has 0 saturated carbocycles. The molecule has 104 valence electrons. The number of benzene rings is 1. The Kier molecular flexibility index (Phi) is 3.97. The van der Waals surface area contributed by atoms with E-state index in [0.29, 0.717) is 0 Å². The van der Waals surface area contributed by atoms with Gasteiger partial charge in [-0.3, -0.25) is 0 Å². The van der Waals surface area contributed by atoms with Gasteiger partial charge in [-0.1, -0.05) is 18.2 Å². The lowest BCUT2D eigenvalue weighted by Gasteiger charge is -2.23. The molecular weight excluding hydrogens is 236 g/mol. The fourth-order valence-corrected chi connectivity index (χ4v) is 2.44. The van der Waals surface area contributed by atoms with Crippen LogP contribution in [0.15, 0.2) is 24.3 Å². The van der Waals surface area contributed by atoms with Crippen LogP contribution in [-0.4, -0.2) is 23.8 Å². The number of para-hydroxylation sites is 1. The van der Waals surface area contributed by atoms with E-state index in [0.717, 1.165) is 13.1 Å². The minimum atomic E-state index is -0.126.